The third-order valence-corrected chi connectivity index (χ3v) is 3.18. The first kappa shape index (κ1) is 15.3. The molecule has 1 N–H and O–H groups in total. The maximum atomic E-state index is 12.1. The van der Waals surface area contributed by atoms with Gasteiger partial charge < -0.3 is 10.2 Å². The molecule has 0 fully saturated rings. The van der Waals surface area contributed by atoms with Gasteiger partial charge in [-0.2, -0.15) is 0 Å². The van der Waals surface area contributed by atoms with E-state index in [0.717, 1.165) is 16.6 Å². The van der Waals surface area contributed by atoms with Crippen LogP contribution in [0, 0.1) is 6.92 Å². The van der Waals surface area contributed by atoms with Crippen LogP contribution in [-0.2, 0) is 4.79 Å². The Hall–Kier alpha value is -2.10. The van der Waals surface area contributed by atoms with E-state index >= 15 is 0 Å². The molecule has 4 nitrogen and oxygen atoms in total. The zero-order valence-electron chi connectivity index (χ0n) is 13.4. The summed E-state index contributed by atoms with van der Waals surface area (Å²) in [5.41, 5.74) is 2.94. The third kappa shape index (κ3) is 3.94. The molecule has 2 rings (SSSR count). The van der Waals surface area contributed by atoms with Crippen LogP contribution in [-0.4, -0.2) is 30.0 Å². The van der Waals surface area contributed by atoms with Gasteiger partial charge >= 0.3 is 0 Å². The van der Waals surface area contributed by atoms with Crippen LogP contribution in [0.4, 0.5) is 5.69 Å². The minimum absolute atomic E-state index is 0.0163. The molecular weight excluding hydrogens is 262 g/mol. The van der Waals surface area contributed by atoms with Gasteiger partial charge in [-0.25, -0.2) is 0 Å². The monoisotopic (exact) mass is 285 g/mol. The van der Waals surface area contributed by atoms with Crippen molar-refractivity contribution in [3.63, 3.8) is 0 Å². The Morgan fingerprint density at radius 2 is 2.00 bits per heavy atom. The predicted octanol–water partition coefficient (Wildman–Crippen LogP) is 2.89. The Morgan fingerprint density at radius 1 is 1.29 bits per heavy atom. The Labute approximate surface area is 126 Å². The number of fused-ring (bicyclic) bond motifs is 1. The van der Waals surface area contributed by atoms with E-state index < -0.39 is 0 Å². The summed E-state index contributed by atoms with van der Waals surface area (Å²) in [5.74, 6) is 0.0163. The molecule has 2 aromatic rings. The molecule has 1 aromatic carbocycles. The van der Waals surface area contributed by atoms with E-state index in [1.54, 1.807) is 6.20 Å². The first-order valence-corrected chi connectivity index (χ1v) is 7.14. The van der Waals surface area contributed by atoms with Crippen molar-refractivity contribution < 1.29 is 4.79 Å². The van der Waals surface area contributed by atoms with Crippen LogP contribution in [0.2, 0.25) is 0 Å². The Kier molecular flexibility index (Phi) is 4.16. The highest BCUT2D eigenvalue weighted by atomic mass is 16.2. The molecular formula is C17H23N3O. The number of anilines is 1. The summed E-state index contributed by atoms with van der Waals surface area (Å²) >= 11 is 0. The van der Waals surface area contributed by atoms with E-state index in [2.05, 4.69) is 23.3 Å². The van der Waals surface area contributed by atoms with Crippen LogP contribution in [0.15, 0.2) is 30.5 Å². The molecule has 0 aliphatic rings. The van der Waals surface area contributed by atoms with E-state index in [4.69, 9.17) is 0 Å². The number of hydrogen-bond donors (Lipinski definition) is 1. The van der Waals surface area contributed by atoms with Crippen LogP contribution in [0.1, 0.15) is 26.3 Å². The maximum Gasteiger partial charge on any atom is 0.239 e. The molecule has 0 spiro atoms. The number of nitrogens with zero attached hydrogens (tertiary/aromatic N) is 2. The predicted molar refractivity (Wildman–Crippen MR) is 87.6 cm³/mol. The van der Waals surface area contributed by atoms with Gasteiger partial charge in [-0.1, -0.05) is 11.6 Å². The summed E-state index contributed by atoms with van der Waals surface area (Å²) < 4.78 is 0. The molecule has 4 heteroatoms. The summed E-state index contributed by atoms with van der Waals surface area (Å²) in [4.78, 5) is 18.4. The molecule has 0 saturated heterocycles. The van der Waals surface area contributed by atoms with Gasteiger partial charge in [-0.3, -0.25) is 9.78 Å². The van der Waals surface area contributed by atoms with Crippen molar-refractivity contribution in [1.82, 2.24) is 10.3 Å². The van der Waals surface area contributed by atoms with Crippen LogP contribution < -0.4 is 10.2 Å². The number of aromatic nitrogens is 1. The third-order valence-electron chi connectivity index (χ3n) is 3.18. The molecule has 0 bridgehead atoms. The van der Waals surface area contributed by atoms with Crippen molar-refractivity contribution in [3.8, 4) is 0 Å². The van der Waals surface area contributed by atoms with Gasteiger partial charge in [0.2, 0.25) is 5.91 Å². The van der Waals surface area contributed by atoms with Crippen molar-refractivity contribution in [2.75, 3.05) is 18.5 Å². The maximum absolute atomic E-state index is 12.1. The summed E-state index contributed by atoms with van der Waals surface area (Å²) in [6, 6.07) is 8.12. The molecule has 1 heterocycles. The smallest absolute Gasteiger partial charge is 0.239 e. The average Bonchev–Trinajstić information content (AvgIpc) is 2.35. The second-order valence-electron chi connectivity index (χ2n) is 6.50. The highest BCUT2D eigenvalue weighted by molar-refractivity contribution is 5.93. The number of carbonyl (C=O) groups excluding carboxylic acids is 1. The molecule has 1 aromatic heterocycles. The van der Waals surface area contributed by atoms with Crippen LogP contribution >= 0.6 is 0 Å². The normalized spacial score (nSPS) is 11.5. The average molecular weight is 285 g/mol. The van der Waals surface area contributed by atoms with Crippen molar-refractivity contribution >= 4 is 22.5 Å². The standard InChI is InChI=1S/C17H23N3O/c1-12-6-7-14-13(10-12)15(8-9-18-14)20(5)11-16(21)19-17(2,3)4/h6-10H,11H2,1-5H3,(H,19,21). The molecule has 21 heavy (non-hydrogen) atoms. The highest BCUT2D eigenvalue weighted by Crippen LogP contribution is 2.25. The number of carbonyl (C=O) groups is 1. The zero-order valence-corrected chi connectivity index (χ0v) is 13.4. The van der Waals surface area contributed by atoms with Crippen LogP contribution in [0.3, 0.4) is 0 Å². The highest BCUT2D eigenvalue weighted by Gasteiger charge is 2.16. The minimum atomic E-state index is -0.213. The van der Waals surface area contributed by atoms with Gasteiger partial charge in [-0.05, 0) is 45.9 Å². The summed E-state index contributed by atoms with van der Waals surface area (Å²) in [6.45, 7) is 8.33. The van der Waals surface area contributed by atoms with Gasteiger partial charge in [0, 0.05) is 29.9 Å². The number of pyridine rings is 1. The zero-order chi connectivity index (χ0) is 15.6. The number of amides is 1. The van der Waals surface area contributed by atoms with Crippen molar-refractivity contribution in [2.24, 2.45) is 0 Å². The van der Waals surface area contributed by atoms with Crippen LogP contribution in [0.25, 0.3) is 10.9 Å². The molecule has 0 saturated carbocycles. The van der Waals surface area contributed by atoms with E-state index in [0.29, 0.717) is 6.54 Å². The van der Waals surface area contributed by atoms with Crippen molar-refractivity contribution in [1.29, 1.82) is 0 Å². The quantitative estimate of drug-likeness (QED) is 0.943. The van der Waals surface area contributed by atoms with Gasteiger partial charge in [0.15, 0.2) is 0 Å². The lowest BCUT2D eigenvalue weighted by Gasteiger charge is -2.25. The number of benzene rings is 1. The molecule has 0 unspecified atom stereocenters. The largest absolute Gasteiger partial charge is 0.365 e. The molecule has 0 radical (unpaired) electrons. The molecule has 0 aliphatic heterocycles. The first-order chi connectivity index (χ1) is 9.76. The second kappa shape index (κ2) is 5.72. The summed E-state index contributed by atoms with van der Waals surface area (Å²) in [7, 11) is 1.93. The summed E-state index contributed by atoms with van der Waals surface area (Å²) in [5, 5.41) is 4.06. The Morgan fingerprint density at radius 3 is 2.67 bits per heavy atom. The lowest BCUT2D eigenvalue weighted by molar-refractivity contribution is -0.121. The second-order valence-corrected chi connectivity index (χ2v) is 6.50. The first-order valence-electron chi connectivity index (χ1n) is 7.14. The molecule has 112 valence electrons. The lowest BCUT2D eigenvalue weighted by Crippen LogP contribution is -2.45. The molecule has 1 amide bonds. The van der Waals surface area contributed by atoms with E-state index in [-0.39, 0.29) is 11.4 Å². The van der Waals surface area contributed by atoms with E-state index in [1.165, 1.54) is 5.56 Å². The number of aryl methyl sites for hydroxylation is 1. The summed E-state index contributed by atoms with van der Waals surface area (Å²) in [6.07, 6.45) is 1.78. The fourth-order valence-electron chi connectivity index (χ4n) is 2.34. The Bertz CT molecular complexity index is 659. The minimum Gasteiger partial charge on any atom is -0.365 e. The van der Waals surface area contributed by atoms with Gasteiger partial charge in [0.05, 0.1) is 12.1 Å². The van der Waals surface area contributed by atoms with E-state index in [9.17, 15) is 4.79 Å². The van der Waals surface area contributed by atoms with E-state index in [1.807, 2.05) is 50.9 Å². The fraction of sp³-hybridized carbons (Fsp3) is 0.412. The number of hydrogen-bond acceptors (Lipinski definition) is 3. The Balaban J connectivity index is 2.25. The number of nitrogens with one attached hydrogen (secondary N) is 1. The lowest BCUT2D eigenvalue weighted by atomic mass is 10.1. The number of rotatable bonds is 3. The number of likely N-dealkylation sites (N-methyl/N-ethyl adjacent to an activating group) is 1. The fourth-order valence-corrected chi connectivity index (χ4v) is 2.34. The topological polar surface area (TPSA) is 45.2 Å². The van der Waals surface area contributed by atoms with Crippen molar-refractivity contribution in [2.45, 2.75) is 33.2 Å². The van der Waals surface area contributed by atoms with Gasteiger partial charge in [0.1, 0.15) is 0 Å². The van der Waals surface area contributed by atoms with Gasteiger partial charge in [0.25, 0.3) is 0 Å². The van der Waals surface area contributed by atoms with Gasteiger partial charge in [-0.15, -0.1) is 0 Å². The molecule has 0 atom stereocenters. The SMILES string of the molecule is Cc1ccc2nccc(N(C)CC(=O)NC(C)(C)C)c2c1. The molecule has 0 aliphatic carbocycles. The van der Waals surface area contributed by atoms with Crippen LogP contribution in [0.5, 0.6) is 0 Å². The van der Waals surface area contributed by atoms with Crippen molar-refractivity contribution in [3.05, 3.63) is 36.0 Å².